The van der Waals surface area contributed by atoms with Crippen molar-refractivity contribution < 1.29 is 14.7 Å². The van der Waals surface area contributed by atoms with Crippen LogP contribution in [0.1, 0.15) is 32.6 Å². The van der Waals surface area contributed by atoms with E-state index < -0.39 is 12.0 Å². The van der Waals surface area contributed by atoms with Crippen LogP contribution in [0, 0.1) is 0 Å². The van der Waals surface area contributed by atoms with Crippen molar-refractivity contribution in [2.75, 3.05) is 5.75 Å². The highest BCUT2D eigenvalue weighted by Gasteiger charge is 2.27. The van der Waals surface area contributed by atoms with Gasteiger partial charge in [0.15, 0.2) is 0 Å². The maximum atomic E-state index is 11.6. The van der Waals surface area contributed by atoms with Crippen LogP contribution in [0.15, 0.2) is 0 Å². The quantitative estimate of drug-likeness (QED) is 0.747. The molecule has 0 aliphatic carbocycles. The van der Waals surface area contributed by atoms with E-state index in [9.17, 15) is 9.59 Å². The van der Waals surface area contributed by atoms with Gasteiger partial charge in [-0.25, -0.2) is 4.79 Å². The Bertz CT molecular complexity index is 239. The zero-order valence-corrected chi connectivity index (χ0v) is 9.68. The molecule has 2 atom stereocenters. The molecular weight excluding hydrogens is 214 g/mol. The number of nitrogens with one attached hydrogen (secondary N) is 1. The summed E-state index contributed by atoms with van der Waals surface area (Å²) in [6.07, 6.45) is 3.18. The van der Waals surface area contributed by atoms with Crippen LogP contribution in [0.4, 0.5) is 0 Å². The first-order valence-corrected chi connectivity index (χ1v) is 6.34. The van der Waals surface area contributed by atoms with Crippen molar-refractivity contribution in [1.82, 2.24) is 5.32 Å². The number of aliphatic carboxylic acids is 1. The number of carbonyl (C=O) groups is 2. The maximum absolute atomic E-state index is 11.6. The zero-order chi connectivity index (χ0) is 11.3. The third kappa shape index (κ3) is 3.74. The third-order valence-electron chi connectivity index (χ3n) is 2.41. The van der Waals surface area contributed by atoms with Gasteiger partial charge in [0.25, 0.3) is 0 Å². The molecule has 1 amide bonds. The van der Waals surface area contributed by atoms with Gasteiger partial charge in [-0.05, 0) is 25.0 Å². The molecule has 1 saturated heterocycles. The lowest BCUT2D eigenvalue weighted by Gasteiger charge is -2.16. The van der Waals surface area contributed by atoms with Gasteiger partial charge in [0, 0.05) is 0 Å². The molecule has 1 rings (SSSR count). The lowest BCUT2D eigenvalue weighted by molar-refractivity contribution is -0.141. The minimum atomic E-state index is -0.937. The summed E-state index contributed by atoms with van der Waals surface area (Å²) in [6.45, 7) is 1.91. The number of carboxylic acid groups (broad SMARTS) is 1. The van der Waals surface area contributed by atoms with Gasteiger partial charge in [-0.1, -0.05) is 13.3 Å². The van der Waals surface area contributed by atoms with Crippen LogP contribution < -0.4 is 5.32 Å². The second-order valence-electron chi connectivity index (χ2n) is 3.69. The summed E-state index contributed by atoms with van der Waals surface area (Å²) < 4.78 is 0. The number of hydrogen-bond donors (Lipinski definition) is 2. The average molecular weight is 231 g/mol. The van der Waals surface area contributed by atoms with Crippen LogP contribution in [0.25, 0.3) is 0 Å². The van der Waals surface area contributed by atoms with Gasteiger partial charge in [0.1, 0.15) is 6.04 Å². The molecule has 5 heteroatoms. The molecule has 1 unspecified atom stereocenters. The van der Waals surface area contributed by atoms with Gasteiger partial charge in [-0.2, -0.15) is 0 Å². The zero-order valence-electron chi connectivity index (χ0n) is 8.86. The van der Waals surface area contributed by atoms with Crippen molar-refractivity contribution in [2.24, 2.45) is 0 Å². The fraction of sp³-hybridized carbons (Fsp3) is 0.800. The average Bonchev–Trinajstić information content (AvgIpc) is 2.69. The van der Waals surface area contributed by atoms with Gasteiger partial charge in [-0.15, -0.1) is 11.8 Å². The molecular formula is C10H17NO3S. The SMILES string of the molecule is CCC[C@H](NC(=O)C1CCCS1)C(=O)O. The summed E-state index contributed by atoms with van der Waals surface area (Å²) in [5, 5.41) is 11.4. The predicted octanol–water partition coefficient (Wildman–Crippen LogP) is 1.25. The second kappa shape index (κ2) is 6.00. The van der Waals surface area contributed by atoms with Crippen molar-refractivity contribution in [3.05, 3.63) is 0 Å². The molecule has 1 fully saturated rings. The van der Waals surface area contributed by atoms with E-state index >= 15 is 0 Å². The third-order valence-corrected chi connectivity index (χ3v) is 3.79. The molecule has 0 saturated carbocycles. The number of rotatable bonds is 5. The topological polar surface area (TPSA) is 66.4 Å². The van der Waals surface area contributed by atoms with Gasteiger partial charge < -0.3 is 10.4 Å². The lowest BCUT2D eigenvalue weighted by atomic mass is 10.1. The Balaban J connectivity index is 2.42. The summed E-state index contributed by atoms with van der Waals surface area (Å²) in [4.78, 5) is 22.5. The van der Waals surface area contributed by atoms with Crippen molar-refractivity contribution in [3.63, 3.8) is 0 Å². The summed E-state index contributed by atoms with van der Waals surface area (Å²) in [5.41, 5.74) is 0. The molecule has 0 aromatic carbocycles. The monoisotopic (exact) mass is 231 g/mol. The minimum absolute atomic E-state index is 0.0382. The molecule has 1 aliphatic heterocycles. The summed E-state index contributed by atoms with van der Waals surface area (Å²) in [6, 6.07) is -0.719. The van der Waals surface area contributed by atoms with Crippen molar-refractivity contribution in [2.45, 2.75) is 43.9 Å². The molecule has 0 radical (unpaired) electrons. The Morgan fingerprint density at radius 3 is 2.80 bits per heavy atom. The number of amides is 1. The highest BCUT2D eigenvalue weighted by Crippen LogP contribution is 2.26. The fourth-order valence-electron chi connectivity index (χ4n) is 1.60. The van der Waals surface area contributed by atoms with Gasteiger partial charge in [0.2, 0.25) is 5.91 Å². The molecule has 1 aliphatic rings. The second-order valence-corrected chi connectivity index (χ2v) is 5.00. The number of hydrogen-bond acceptors (Lipinski definition) is 3. The highest BCUT2D eigenvalue weighted by atomic mass is 32.2. The molecule has 0 aromatic heterocycles. The lowest BCUT2D eigenvalue weighted by Crippen LogP contribution is -2.44. The molecule has 15 heavy (non-hydrogen) atoms. The Morgan fingerprint density at radius 1 is 1.60 bits per heavy atom. The van der Waals surface area contributed by atoms with Crippen LogP contribution in [-0.4, -0.2) is 34.0 Å². The van der Waals surface area contributed by atoms with E-state index in [1.807, 2.05) is 6.92 Å². The Morgan fingerprint density at radius 2 is 2.33 bits per heavy atom. The standard InChI is InChI=1S/C10H17NO3S/c1-2-4-7(10(13)14)11-9(12)8-5-3-6-15-8/h7-8H,2-6H2,1H3,(H,11,12)(H,13,14)/t7-,8?/m0/s1. The van der Waals surface area contributed by atoms with Crippen molar-refractivity contribution in [1.29, 1.82) is 0 Å². The van der Waals surface area contributed by atoms with Gasteiger partial charge >= 0.3 is 5.97 Å². The fourth-order valence-corrected chi connectivity index (χ4v) is 2.77. The number of carbonyl (C=O) groups excluding carboxylic acids is 1. The van der Waals surface area contributed by atoms with Gasteiger partial charge in [0.05, 0.1) is 5.25 Å². The Labute approximate surface area is 93.8 Å². The first-order valence-electron chi connectivity index (χ1n) is 5.30. The molecule has 1 heterocycles. The van der Waals surface area contributed by atoms with E-state index in [2.05, 4.69) is 5.32 Å². The molecule has 2 N–H and O–H groups in total. The van der Waals surface area contributed by atoms with Crippen LogP contribution in [0.2, 0.25) is 0 Å². The summed E-state index contributed by atoms with van der Waals surface area (Å²) in [5.74, 6) is -0.0459. The van der Waals surface area contributed by atoms with E-state index in [4.69, 9.17) is 5.11 Å². The van der Waals surface area contributed by atoms with Crippen LogP contribution in [0.3, 0.4) is 0 Å². The molecule has 0 aromatic rings. The number of thioether (sulfide) groups is 1. The van der Waals surface area contributed by atoms with Crippen molar-refractivity contribution >= 4 is 23.6 Å². The van der Waals surface area contributed by atoms with E-state index in [0.717, 1.165) is 25.0 Å². The van der Waals surface area contributed by atoms with Crippen LogP contribution in [0.5, 0.6) is 0 Å². The van der Waals surface area contributed by atoms with Crippen LogP contribution >= 0.6 is 11.8 Å². The predicted molar refractivity (Wildman–Crippen MR) is 60.0 cm³/mol. The molecule has 0 bridgehead atoms. The number of carboxylic acids is 1. The first-order chi connectivity index (χ1) is 7.15. The van der Waals surface area contributed by atoms with Crippen LogP contribution in [-0.2, 0) is 9.59 Å². The molecule has 86 valence electrons. The van der Waals surface area contributed by atoms with E-state index in [0.29, 0.717) is 6.42 Å². The minimum Gasteiger partial charge on any atom is -0.480 e. The highest BCUT2D eigenvalue weighted by molar-refractivity contribution is 8.00. The van der Waals surface area contributed by atoms with E-state index in [-0.39, 0.29) is 11.2 Å². The molecule has 4 nitrogen and oxygen atoms in total. The van der Waals surface area contributed by atoms with Crippen molar-refractivity contribution in [3.8, 4) is 0 Å². The first kappa shape index (κ1) is 12.4. The van der Waals surface area contributed by atoms with Gasteiger partial charge in [-0.3, -0.25) is 4.79 Å². The smallest absolute Gasteiger partial charge is 0.326 e. The van der Waals surface area contributed by atoms with E-state index in [1.165, 1.54) is 0 Å². The summed E-state index contributed by atoms with van der Waals surface area (Å²) >= 11 is 1.62. The van der Waals surface area contributed by atoms with E-state index in [1.54, 1.807) is 11.8 Å². The normalized spacial score (nSPS) is 22.3. The Hall–Kier alpha value is -0.710. The summed E-state index contributed by atoms with van der Waals surface area (Å²) in [7, 11) is 0. The Kier molecular flexibility index (Phi) is 4.94. The largest absolute Gasteiger partial charge is 0.480 e. The molecule has 0 spiro atoms. The maximum Gasteiger partial charge on any atom is 0.326 e.